The summed E-state index contributed by atoms with van der Waals surface area (Å²) in [7, 11) is 0. The van der Waals surface area contributed by atoms with Gasteiger partial charge in [-0.1, -0.05) is 12.1 Å². The van der Waals surface area contributed by atoms with Gasteiger partial charge in [-0.2, -0.15) is 13.2 Å². The highest BCUT2D eigenvalue weighted by molar-refractivity contribution is 6.03. The molecule has 1 heterocycles. The Bertz CT molecular complexity index is 1130. The zero-order chi connectivity index (χ0) is 21.8. The second-order valence-electron chi connectivity index (χ2n) is 8.19. The van der Waals surface area contributed by atoms with Gasteiger partial charge in [0.15, 0.2) is 0 Å². The van der Waals surface area contributed by atoms with Gasteiger partial charge < -0.3 is 15.6 Å². The summed E-state index contributed by atoms with van der Waals surface area (Å²) in [6, 6.07) is 11.9. The van der Waals surface area contributed by atoms with Crippen molar-refractivity contribution in [3.8, 4) is 0 Å². The van der Waals surface area contributed by atoms with E-state index in [1.165, 1.54) is 12.1 Å². The number of carbonyl (C=O) groups excluding carboxylic acids is 2. The van der Waals surface area contributed by atoms with Gasteiger partial charge in [0.05, 0.1) is 16.6 Å². The molecule has 2 aliphatic rings. The van der Waals surface area contributed by atoms with Crippen LogP contribution in [0.15, 0.2) is 48.5 Å². The van der Waals surface area contributed by atoms with E-state index in [1.54, 1.807) is 0 Å². The van der Waals surface area contributed by atoms with Gasteiger partial charge in [0, 0.05) is 17.5 Å². The molecular formula is C22H19F3N4O2. The van der Waals surface area contributed by atoms with E-state index in [4.69, 9.17) is 0 Å². The number of para-hydroxylation sites is 2. The highest BCUT2D eigenvalue weighted by atomic mass is 19.4. The van der Waals surface area contributed by atoms with Gasteiger partial charge in [0.25, 0.3) is 0 Å². The molecular weight excluding hydrogens is 409 g/mol. The summed E-state index contributed by atoms with van der Waals surface area (Å²) < 4.78 is 38.0. The molecule has 2 fully saturated rings. The number of fused-ring (bicyclic) bond motifs is 1. The predicted molar refractivity (Wildman–Crippen MR) is 107 cm³/mol. The van der Waals surface area contributed by atoms with Crippen LogP contribution in [0.5, 0.6) is 0 Å². The molecule has 1 aromatic heterocycles. The third kappa shape index (κ3) is 3.75. The summed E-state index contributed by atoms with van der Waals surface area (Å²) in [5.74, 6) is -0.120. The van der Waals surface area contributed by atoms with E-state index in [0.717, 1.165) is 29.0 Å². The molecule has 0 saturated heterocycles. The van der Waals surface area contributed by atoms with E-state index in [2.05, 4.69) is 20.6 Å². The van der Waals surface area contributed by atoms with Crippen molar-refractivity contribution < 1.29 is 22.8 Å². The topological polar surface area (TPSA) is 86.9 Å². The Labute approximate surface area is 175 Å². The molecule has 160 valence electrons. The maximum absolute atomic E-state index is 12.7. The van der Waals surface area contributed by atoms with E-state index in [1.807, 2.05) is 24.3 Å². The minimum atomic E-state index is -4.44. The normalized spacial score (nSPS) is 21.5. The SMILES string of the molecule is O=C(NC1(C(=O)Nc2ccc(C(F)(F)F)cc2)CC1)C1CC1c1nc2ccccc2[nH]1. The molecule has 2 aromatic carbocycles. The molecule has 31 heavy (non-hydrogen) atoms. The number of aromatic amines is 1. The van der Waals surface area contributed by atoms with Crippen LogP contribution in [0.2, 0.25) is 0 Å². The van der Waals surface area contributed by atoms with Gasteiger partial charge in [0.1, 0.15) is 11.4 Å². The van der Waals surface area contributed by atoms with Crippen LogP contribution in [0.3, 0.4) is 0 Å². The van der Waals surface area contributed by atoms with Crippen molar-refractivity contribution in [1.82, 2.24) is 15.3 Å². The summed E-state index contributed by atoms with van der Waals surface area (Å²) in [6.45, 7) is 0. The molecule has 9 heteroatoms. The second-order valence-corrected chi connectivity index (χ2v) is 8.19. The lowest BCUT2D eigenvalue weighted by atomic mass is 10.1. The molecule has 3 aromatic rings. The number of amides is 2. The number of halogens is 3. The molecule has 6 nitrogen and oxygen atoms in total. The molecule has 0 radical (unpaired) electrons. The Hall–Kier alpha value is -3.36. The number of imidazole rings is 1. The molecule has 0 spiro atoms. The number of benzene rings is 2. The first-order chi connectivity index (χ1) is 14.7. The van der Waals surface area contributed by atoms with Crippen LogP contribution in [-0.4, -0.2) is 27.3 Å². The van der Waals surface area contributed by atoms with Gasteiger partial charge in [-0.15, -0.1) is 0 Å². The molecule has 2 atom stereocenters. The predicted octanol–water partition coefficient (Wildman–Crippen LogP) is 3.97. The van der Waals surface area contributed by atoms with E-state index in [-0.39, 0.29) is 23.4 Å². The van der Waals surface area contributed by atoms with Crippen LogP contribution in [0.4, 0.5) is 18.9 Å². The number of aromatic nitrogens is 2. The first-order valence-electron chi connectivity index (χ1n) is 10.0. The zero-order valence-electron chi connectivity index (χ0n) is 16.3. The average Bonchev–Trinajstić information content (AvgIpc) is 3.64. The Morgan fingerprint density at radius 2 is 1.77 bits per heavy atom. The van der Waals surface area contributed by atoms with Gasteiger partial charge in [-0.05, 0) is 55.7 Å². The van der Waals surface area contributed by atoms with Crippen molar-refractivity contribution in [3.63, 3.8) is 0 Å². The summed E-state index contributed by atoms with van der Waals surface area (Å²) in [5, 5.41) is 5.46. The van der Waals surface area contributed by atoms with Gasteiger partial charge in [-0.3, -0.25) is 9.59 Å². The molecule has 2 saturated carbocycles. The Kier molecular flexibility index (Phi) is 4.32. The van der Waals surface area contributed by atoms with E-state index in [0.29, 0.717) is 19.3 Å². The number of hydrogen-bond donors (Lipinski definition) is 3. The number of anilines is 1. The summed E-state index contributed by atoms with van der Waals surface area (Å²) in [6.07, 6.45) is -2.79. The third-order valence-electron chi connectivity index (χ3n) is 5.90. The van der Waals surface area contributed by atoms with Crippen LogP contribution in [-0.2, 0) is 15.8 Å². The lowest BCUT2D eigenvalue weighted by Crippen LogP contribution is -2.46. The molecule has 2 amide bonds. The molecule has 2 unspecified atom stereocenters. The van der Waals surface area contributed by atoms with Gasteiger partial charge >= 0.3 is 6.18 Å². The second kappa shape index (κ2) is 6.83. The lowest BCUT2D eigenvalue weighted by Gasteiger charge is -2.17. The van der Waals surface area contributed by atoms with Crippen LogP contribution in [0.1, 0.15) is 36.6 Å². The fourth-order valence-electron chi connectivity index (χ4n) is 3.79. The number of H-pyrrole nitrogens is 1. The molecule has 5 rings (SSSR count). The van der Waals surface area contributed by atoms with Crippen LogP contribution in [0.25, 0.3) is 11.0 Å². The van der Waals surface area contributed by atoms with Crippen molar-refractivity contribution in [2.45, 2.75) is 36.9 Å². The largest absolute Gasteiger partial charge is 0.416 e. The molecule has 2 aliphatic carbocycles. The Morgan fingerprint density at radius 1 is 1.06 bits per heavy atom. The quantitative estimate of drug-likeness (QED) is 0.575. The van der Waals surface area contributed by atoms with Gasteiger partial charge in [0.2, 0.25) is 11.8 Å². The maximum atomic E-state index is 12.7. The number of nitrogens with one attached hydrogen (secondary N) is 3. The molecule has 0 aliphatic heterocycles. The summed E-state index contributed by atoms with van der Waals surface area (Å²) >= 11 is 0. The highest BCUT2D eigenvalue weighted by Crippen LogP contribution is 2.48. The smallest absolute Gasteiger partial charge is 0.342 e. The van der Waals surface area contributed by atoms with Crippen molar-refractivity contribution in [1.29, 1.82) is 0 Å². The number of carbonyl (C=O) groups is 2. The lowest BCUT2D eigenvalue weighted by molar-refractivity contribution is -0.137. The highest BCUT2D eigenvalue weighted by Gasteiger charge is 2.55. The van der Waals surface area contributed by atoms with Crippen molar-refractivity contribution >= 4 is 28.5 Å². The van der Waals surface area contributed by atoms with E-state index < -0.39 is 23.2 Å². The average molecular weight is 428 g/mol. The zero-order valence-corrected chi connectivity index (χ0v) is 16.3. The summed E-state index contributed by atoms with van der Waals surface area (Å²) in [4.78, 5) is 33.2. The number of nitrogens with zero attached hydrogens (tertiary/aromatic N) is 1. The third-order valence-corrected chi connectivity index (χ3v) is 5.90. The van der Waals surface area contributed by atoms with E-state index >= 15 is 0 Å². The minimum absolute atomic E-state index is 0.0128. The fraction of sp³-hybridized carbons (Fsp3) is 0.318. The first kappa shape index (κ1) is 19.6. The number of rotatable bonds is 5. The molecule has 0 bridgehead atoms. The number of alkyl halides is 3. The first-order valence-corrected chi connectivity index (χ1v) is 10.0. The van der Waals surface area contributed by atoms with Crippen molar-refractivity contribution in [2.24, 2.45) is 5.92 Å². The Balaban J connectivity index is 1.21. The summed E-state index contributed by atoms with van der Waals surface area (Å²) in [5.41, 5.74) is 0.229. The van der Waals surface area contributed by atoms with Crippen LogP contribution < -0.4 is 10.6 Å². The molecule has 3 N–H and O–H groups in total. The van der Waals surface area contributed by atoms with Crippen molar-refractivity contribution in [3.05, 3.63) is 59.9 Å². The minimum Gasteiger partial charge on any atom is -0.342 e. The standard InChI is InChI=1S/C22H19F3N4O2/c23-22(24,25)12-5-7-13(8-6-12)26-20(31)21(9-10-21)29-19(30)15-11-14(15)18-27-16-3-1-2-4-17(16)28-18/h1-8,14-15H,9-11H2,(H,26,31)(H,27,28)(H,29,30). The number of hydrogen-bond acceptors (Lipinski definition) is 3. The monoisotopic (exact) mass is 428 g/mol. The van der Waals surface area contributed by atoms with Crippen molar-refractivity contribution in [2.75, 3.05) is 5.32 Å². The fourth-order valence-corrected chi connectivity index (χ4v) is 3.79. The van der Waals surface area contributed by atoms with E-state index in [9.17, 15) is 22.8 Å². The maximum Gasteiger partial charge on any atom is 0.416 e. The van der Waals surface area contributed by atoms with Crippen LogP contribution >= 0.6 is 0 Å². The van der Waals surface area contributed by atoms with Gasteiger partial charge in [-0.25, -0.2) is 4.98 Å². The van der Waals surface area contributed by atoms with Crippen LogP contribution in [0, 0.1) is 5.92 Å². The Morgan fingerprint density at radius 3 is 2.42 bits per heavy atom.